The average Bonchev–Trinajstić information content (AvgIpc) is 3.17. The third kappa shape index (κ3) is 2.61. The number of carbonyl (C=O) groups excluding carboxylic acids is 1. The number of nitrogen functional groups attached to an aromatic ring is 1. The van der Waals surface area contributed by atoms with Crippen LogP contribution in [-0.2, 0) is 15.0 Å². The number of nitrogens with two attached hydrogens (primary N) is 1. The zero-order chi connectivity index (χ0) is 15.0. The van der Waals surface area contributed by atoms with Crippen molar-refractivity contribution in [3.05, 3.63) is 29.8 Å². The van der Waals surface area contributed by atoms with Crippen LogP contribution in [0.5, 0.6) is 0 Å². The highest BCUT2D eigenvalue weighted by Gasteiger charge is 2.50. The number of aliphatic carboxylic acids is 1. The van der Waals surface area contributed by atoms with Gasteiger partial charge in [-0.3, -0.25) is 9.59 Å². The lowest BCUT2D eigenvalue weighted by atomic mass is 9.83. The van der Waals surface area contributed by atoms with Gasteiger partial charge >= 0.3 is 5.97 Å². The molecule has 0 radical (unpaired) electrons. The summed E-state index contributed by atoms with van der Waals surface area (Å²) in [5, 5.41) is 11.9. The molecule has 5 heteroatoms. The van der Waals surface area contributed by atoms with E-state index in [0.29, 0.717) is 18.5 Å². The van der Waals surface area contributed by atoms with Gasteiger partial charge in [-0.05, 0) is 44.4 Å². The molecule has 20 heavy (non-hydrogen) atoms. The lowest BCUT2D eigenvalue weighted by Crippen LogP contribution is -2.43. The molecular formula is C15H20N2O3. The fourth-order valence-corrected chi connectivity index (χ4v) is 2.12. The molecule has 1 aliphatic rings. The predicted molar refractivity (Wildman–Crippen MR) is 76.2 cm³/mol. The summed E-state index contributed by atoms with van der Waals surface area (Å²) in [6.45, 7) is 3.82. The van der Waals surface area contributed by atoms with Crippen LogP contribution in [-0.4, -0.2) is 23.5 Å². The minimum absolute atomic E-state index is 0.171. The highest BCUT2D eigenvalue weighted by Crippen LogP contribution is 2.45. The molecule has 0 atom stereocenters. The number of carboxylic acids is 1. The Kier molecular flexibility index (Phi) is 3.46. The summed E-state index contributed by atoms with van der Waals surface area (Å²) < 4.78 is 0. The number of hydrogen-bond acceptors (Lipinski definition) is 3. The molecule has 0 saturated heterocycles. The van der Waals surface area contributed by atoms with Crippen LogP contribution in [0.3, 0.4) is 0 Å². The summed E-state index contributed by atoms with van der Waals surface area (Å²) in [6, 6.07) is 7.14. The fourth-order valence-electron chi connectivity index (χ4n) is 2.12. The van der Waals surface area contributed by atoms with Crippen LogP contribution in [0.4, 0.5) is 5.69 Å². The minimum Gasteiger partial charge on any atom is -0.481 e. The number of amides is 1. The normalized spacial score (nSPS) is 16.5. The minimum atomic E-state index is -0.830. The van der Waals surface area contributed by atoms with Crippen molar-refractivity contribution in [2.45, 2.75) is 32.1 Å². The van der Waals surface area contributed by atoms with Crippen molar-refractivity contribution >= 4 is 17.6 Å². The van der Waals surface area contributed by atoms with Gasteiger partial charge in [0.2, 0.25) is 5.91 Å². The van der Waals surface area contributed by atoms with Crippen molar-refractivity contribution in [3.8, 4) is 0 Å². The monoisotopic (exact) mass is 276 g/mol. The highest BCUT2D eigenvalue weighted by molar-refractivity contribution is 5.88. The maximum atomic E-state index is 12.3. The van der Waals surface area contributed by atoms with Crippen molar-refractivity contribution in [3.63, 3.8) is 0 Å². The van der Waals surface area contributed by atoms with Crippen molar-refractivity contribution in [1.82, 2.24) is 5.32 Å². The Hall–Kier alpha value is -2.04. The summed E-state index contributed by atoms with van der Waals surface area (Å²) in [6.07, 6.45) is 1.26. The number of rotatable bonds is 5. The van der Waals surface area contributed by atoms with E-state index in [1.165, 1.54) is 0 Å². The topological polar surface area (TPSA) is 92.4 Å². The van der Waals surface area contributed by atoms with Gasteiger partial charge in [0.15, 0.2) is 0 Å². The standard InChI is InChI=1S/C15H20N2O3/c1-14(2,10-3-5-11(16)6-4-10)12(18)17-9-15(7-8-15)13(19)20/h3-6H,7-9,16H2,1-2H3,(H,17,18)(H,19,20). The van der Waals surface area contributed by atoms with E-state index in [2.05, 4.69) is 5.32 Å². The van der Waals surface area contributed by atoms with E-state index in [-0.39, 0.29) is 12.5 Å². The van der Waals surface area contributed by atoms with Gasteiger partial charge in [0.25, 0.3) is 0 Å². The van der Waals surface area contributed by atoms with Crippen molar-refractivity contribution < 1.29 is 14.7 Å². The molecule has 0 heterocycles. The molecule has 1 aliphatic carbocycles. The lowest BCUT2D eigenvalue weighted by Gasteiger charge is -2.25. The Morgan fingerprint density at radius 2 is 1.85 bits per heavy atom. The molecule has 1 saturated carbocycles. The second kappa shape index (κ2) is 4.81. The Morgan fingerprint density at radius 3 is 2.30 bits per heavy atom. The van der Waals surface area contributed by atoms with E-state index in [0.717, 1.165) is 5.56 Å². The maximum Gasteiger partial charge on any atom is 0.311 e. The van der Waals surface area contributed by atoms with Crippen LogP contribution < -0.4 is 11.1 Å². The van der Waals surface area contributed by atoms with Gasteiger partial charge in [-0.25, -0.2) is 0 Å². The molecule has 5 nitrogen and oxygen atoms in total. The maximum absolute atomic E-state index is 12.3. The van der Waals surface area contributed by atoms with Gasteiger partial charge in [-0.15, -0.1) is 0 Å². The van der Waals surface area contributed by atoms with Gasteiger partial charge in [-0.2, -0.15) is 0 Å². The van der Waals surface area contributed by atoms with Crippen molar-refractivity contribution in [2.75, 3.05) is 12.3 Å². The van der Waals surface area contributed by atoms with E-state index < -0.39 is 16.8 Å². The first kappa shape index (κ1) is 14.4. The molecule has 0 aliphatic heterocycles. The number of carboxylic acid groups (broad SMARTS) is 1. The molecule has 1 aromatic carbocycles. The SMILES string of the molecule is CC(C)(C(=O)NCC1(C(=O)O)CC1)c1ccc(N)cc1. The van der Waals surface area contributed by atoms with Crippen molar-refractivity contribution in [2.24, 2.45) is 5.41 Å². The zero-order valence-electron chi connectivity index (χ0n) is 11.8. The molecule has 0 bridgehead atoms. The van der Waals surface area contributed by atoms with Crippen molar-refractivity contribution in [1.29, 1.82) is 0 Å². The van der Waals surface area contributed by atoms with Crippen LogP contribution >= 0.6 is 0 Å². The molecule has 2 rings (SSSR count). The summed E-state index contributed by atoms with van der Waals surface area (Å²) in [5.41, 5.74) is 5.67. The predicted octanol–water partition coefficient (Wildman–Crippen LogP) is 1.53. The Balaban J connectivity index is 2.04. The van der Waals surface area contributed by atoms with Gasteiger partial charge in [-0.1, -0.05) is 12.1 Å². The number of nitrogens with one attached hydrogen (secondary N) is 1. The molecule has 4 N–H and O–H groups in total. The number of benzene rings is 1. The van der Waals surface area contributed by atoms with Crippen LogP contribution in [0, 0.1) is 5.41 Å². The fraction of sp³-hybridized carbons (Fsp3) is 0.467. The van der Waals surface area contributed by atoms with Gasteiger partial charge in [0.05, 0.1) is 10.8 Å². The van der Waals surface area contributed by atoms with E-state index in [1.807, 2.05) is 26.0 Å². The number of carbonyl (C=O) groups is 2. The summed E-state index contributed by atoms with van der Waals surface area (Å²) in [7, 11) is 0. The Morgan fingerprint density at radius 1 is 1.30 bits per heavy atom. The van der Waals surface area contributed by atoms with E-state index >= 15 is 0 Å². The first-order chi connectivity index (χ1) is 9.28. The van der Waals surface area contributed by atoms with Crippen LogP contribution in [0.25, 0.3) is 0 Å². The third-order valence-electron chi connectivity index (χ3n) is 4.09. The number of anilines is 1. The second-order valence-electron chi connectivity index (χ2n) is 6.02. The molecule has 1 fully saturated rings. The van der Waals surface area contributed by atoms with Crippen LogP contribution in [0.2, 0.25) is 0 Å². The zero-order valence-corrected chi connectivity index (χ0v) is 11.8. The van der Waals surface area contributed by atoms with E-state index in [9.17, 15) is 9.59 Å². The molecule has 108 valence electrons. The quantitative estimate of drug-likeness (QED) is 0.711. The van der Waals surface area contributed by atoms with Crippen LogP contribution in [0.15, 0.2) is 24.3 Å². The van der Waals surface area contributed by atoms with Gasteiger partial charge < -0.3 is 16.2 Å². The van der Waals surface area contributed by atoms with Crippen LogP contribution in [0.1, 0.15) is 32.3 Å². The second-order valence-corrected chi connectivity index (χ2v) is 6.02. The van der Waals surface area contributed by atoms with E-state index in [4.69, 9.17) is 10.8 Å². The molecular weight excluding hydrogens is 256 g/mol. The average molecular weight is 276 g/mol. The Bertz CT molecular complexity index is 531. The summed E-state index contributed by atoms with van der Waals surface area (Å²) in [5.74, 6) is -1.00. The summed E-state index contributed by atoms with van der Waals surface area (Å²) >= 11 is 0. The third-order valence-corrected chi connectivity index (χ3v) is 4.09. The first-order valence-corrected chi connectivity index (χ1v) is 6.66. The van der Waals surface area contributed by atoms with E-state index in [1.54, 1.807) is 12.1 Å². The first-order valence-electron chi connectivity index (χ1n) is 6.66. The van der Waals surface area contributed by atoms with Gasteiger partial charge in [0.1, 0.15) is 0 Å². The highest BCUT2D eigenvalue weighted by atomic mass is 16.4. The molecule has 0 unspecified atom stereocenters. The Labute approximate surface area is 118 Å². The number of hydrogen-bond donors (Lipinski definition) is 3. The molecule has 0 aromatic heterocycles. The largest absolute Gasteiger partial charge is 0.481 e. The molecule has 0 spiro atoms. The lowest BCUT2D eigenvalue weighted by molar-refractivity contribution is -0.143. The molecule has 1 amide bonds. The molecule has 1 aromatic rings. The smallest absolute Gasteiger partial charge is 0.311 e. The van der Waals surface area contributed by atoms with Gasteiger partial charge in [0, 0.05) is 12.2 Å². The summed E-state index contributed by atoms with van der Waals surface area (Å²) in [4.78, 5) is 23.4.